The van der Waals surface area contributed by atoms with Crippen LogP contribution in [-0.2, 0) is 6.42 Å². The van der Waals surface area contributed by atoms with Crippen molar-refractivity contribution in [1.29, 1.82) is 0 Å². The van der Waals surface area contributed by atoms with Gasteiger partial charge >= 0.3 is 0 Å². The Kier molecular flexibility index (Phi) is 3.72. The van der Waals surface area contributed by atoms with E-state index in [1.165, 1.54) is 17.7 Å². The van der Waals surface area contributed by atoms with Crippen molar-refractivity contribution in [2.45, 2.75) is 39.2 Å². The molecule has 0 radical (unpaired) electrons. The zero-order valence-corrected chi connectivity index (χ0v) is 11.3. The molecular formula is C15H24N2. The highest BCUT2D eigenvalue weighted by molar-refractivity contribution is 5.55. The van der Waals surface area contributed by atoms with E-state index >= 15 is 0 Å². The van der Waals surface area contributed by atoms with Crippen LogP contribution in [0.3, 0.4) is 0 Å². The molecule has 0 unspecified atom stereocenters. The number of aryl methyl sites for hydroxylation is 1. The maximum atomic E-state index is 3.53. The quantitative estimate of drug-likeness (QED) is 0.843. The van der Waals surface area contributed by atoms with Crippen LogP contribution >= 0.6 is 0 Å². The van der Waals surface area contributed by atoms with Gasteiger partial charge in [0, 0.05) is 24.3 Å². The summed E-state index contributed by atoms with van der Waals surface area (Å²) < 4.78 is 0. The zero-order chi connectivity index (χ0) is 12.3. The minimum absolute atomic E-state index is 0.196. The molecule has 0 aliphatic carbocycles. The average molecular weight is 232 g/mol. The van der Waals surface area contributed by atoms with Gasteiger partial charge in [0.25, 0.3) is 0 Å². The summed E-state index contributed by atoms with van der Waals surface area (Å²) in [5.41, 5.74) is 3.08. The van der Waals surface area contributed by atoms with Crippen molar-refractivity contribution in [2.75, 3.05) is 24.5 Å². The molecule has 1 aromatic carbocycles. The second kappa shape index (κ2) is 5.09. The lowest BCUT2D eigenvalue weighted by Crippen LogP contribution is -2.49. The van der Waals surface area contributed by atoms with Gasteiger partial charge in [-0.25, -0.2) is 0 Å². The Labute approximate surface area is 105 Å². The van der Waals surface area contributed by atoms with Gasteiger partial charge < -0.3 is 10.2 Å². The Morgan fingerprint density at radius 3 is 2.82 bits per heavy atom. The van der Waals surface area contributed by atoms with Crippen LogP contribution in [0, 0.1) is 0 Å². The number of para-hydroxylation sites is 1. The summed E-state index contributed by atoms with van der Waals surface area (Å²) in [6.45, 7) is 10.2. The van der Waals surface area contributed by atoms with Crippen molar-refractivity contribution in [1.82, 2.24) is 5.32 Å². The normalized spacial score (nSPS) is 20.1. The Morgan fingerprint density at radius 2 is 2.06 bits per heavy atom. The molecule has 1 aliphatic heterocycles. The summed E-state index contributed by atoms with van der Waals surface area (Å²) in [4.78, 5) is 2.58. The molecule has 1 fully saturated rings. The molecule has 0 amide bonds. The minimum Gasteiger partial charge on any atom is -0.365 e. The monoisotopic (exact) mass is 232 g/mol. The van der Waals surface area contributed by atoms with Crippen molar-refractivity contribution < 1.29 is 0 Å². The van der Waals surface area contributed by atoms with E-state index in [4.69, 9.17) is 0 Å². The van der Waals surface area contributed by atoms with E-state index in [9.17, 15) is 0 Å². The molecule has 0 atom stereocenters. The van der Waals surface area contributed by atoms with E-state index in [-0.39, 0.29) is 5.54 Å². The van der Waals surface area contributed by atoms with Crippen LogP contribution in [0.5, 0.6) is 0 Å². The highest BCUT2D eigenvalue weighted by atomic mass is 15.2. The fraction of sp³-hybridized carbons (Fsp3) is 0.600. The van der Waals surface area contributed by atoms with Crippen LogP contribution in [0.2, 0.25) is 0 Å². The summed E-state index contributed by atoms with van der Waals surface area (Å²) in [5.74, 6) is 0. The molecule has 0 spiro atoms. The number of nitrogens with one attached hydrogen (secondary N) is 1. The first-order valence-electron chi connectivity index (χ1n) is 6.71. The second-order valence-electron chi connectivity index (χ2n) is 5.48. The van der Waals surface area contributed by atoms with Crippen LogP contribution in [0.25, 0.3) is 0 Å². The van der Waals surface area contributed by atoms with Gasteiger partial charge in [0.15, 0.2) is 0 Å². The van der Waals surface area contributed by atoms with Crippen molar-refractivity contribution in [2.24, 2.45) is 0 Å². The predicted molar refractivity (Wildman–Crippen MR) is 74.7 cm³/mol. The van der Waals surface area contributed by atoms with E-state index < -0.39 is 0 Å². The van der Waals surface area contributed by atoms with E-state index in [0.717, 1.165) is 26.1 Å². The number of nitrogens with zero attached hydrogens (tertiary/aromatic N) is 1. The minimum atomic E-state index is 0.196. The van der Waals surface area contributed by atoms with Crippen molar-refractivity contribution in [3.63, 3.8) is 0 Å². The molecule has 1 aliphatic rings. The van der Waals surface area contributed by atoms with Crippen LogP contribution in [0.4, 0.5) is 5.69 Å². The molecule has 1 N–H and O–H groups in total. The molecule has 2 heteroatoms. The Hall–Kier alpha value is -1.02. The first kappa shape index (κ1) is 12.4. The lowest BCUT2D eigenvalue weighted by atomic mass is 9.99. The molecule has 0 aromatic heterocycles. The fourth-order valence-corrected chi connectivity index (χ4v) is 2.67. The molecule has 2 rings (SSSR count). The highest BCUT2D eigenvalue weighted by Crippen LogP contribution is 2.28. The molecule has 2 nitrogen and oxygen atoms in total. The first-order valence-corrected chi connectivity index (χ1v) is 6.71. The highest BCUT2D eigenvalue weighted by Gasteiger charge is 2.29. The molecule has 94 valence electrons. The predicted octanol–water partition coefficient (Wildman–Crippen LogP) is 2.83. The summed E-state index contributed by atoms with van der Waals surface area (Å²) >= 11 is 0. The van der Waals surface area contributed by atoms with Gasteiger partial charge in [0.1, 0.15) is 0 Å². The third-order valence-electron chi connectivity index (χ3n) is 3.69. The Morgan fingerprint density at radius 1 is 1.29 bits per heavy atom. The average Bonchev–Trinajstić information content (AvgIpc) is 2.50. The van der Waals surface area contributed by atoms with Crippen LogP contribution in [0.15, 0.2) is 24.3 Å². The van der Waals surface area contributed by atoms with Crippen LogP contribution < -0.4 is 10.2 Å². The van der Waals surface area contributed by atoms with Gasteiger partial charge in [-0.3, -0.25) is 0 Å². The van der Waals surface area contributed by atoms with E-state index in [1.807, 2.05) is 0 Å². The van der Waals surface area contributed by atoms with Gasteiger partial charge in [-0.15, -0.1) is 0 Å². The second-order valence-corrected chi connectivity index (χ2v) is 5.48. The van der Waals surface area contributed by atoms with Crippen molar-refractivity contribution >= 4 is 5.69 Å². The molecule has 0 saturated carbocycles. The van der Waals surface area contributed by atoms with Crippen LogP contribution in [0.1, 0.15) is 32.8 Å². The van der Waals surface area contributed by atoms with Gasteiger partial charge in [-0.2, -0.15) is 0 Å². The molecule has 1 aromatic rings. The van der Waals surface area contributed by atoms with E-state index in [0.29, 0.717) is 0 Å². The lowest BCUT2D eigenvalue weighted by molar-refractivity contribution is 0.461. The number of anilines is 1. The molecule has 1 heterocycles. The van der Waals surface area contributed by atoms with Gasteiger partial charge in [0.05, 0.1) is 0 Å². The summed E-state index contributed by atoms with van der Waals surface area (Å²) in [5, 5.41) is 3.53. The maximum Gasteiger partial charge on any atom is 0.0470 e. The number of hydrogen-bond donors (Lipinski definition) is 1. The maximum absolute atomic E-state index is 3.53. The zero-order valence-electron chi connectivity index (χ0n) is 11.3. The molecule has 0 bridgehead atoms. The standard InChI is InChI=1S/C15H24N2/c1-4-13-8-5-6-9-14(13)17-11-7-10-16-12-15(17,2)3/h5-6,8-9,16H,4,7,10-12H2,1-3H3. The summed E-state index contributed by atoms with van der Waals surface area (Å²) in [7, 11) is 0. The topological polar surface area (TPSA) is 15.3 Å². The van der Waals surface area contributed by atoms with Crippen LogP contribution in [-0.4, -0.2) is 25.2 Å². The van der Waals surface area contributed by atoms with Gasteiger partial charge in [0.2, 0.25) is 0 Å². The smallest absolute Gasteiger partial charge is 0.0470 e. The van der Waals surface area contributed by atoms with Gasteiger partial charge in [-0.05, 0) is 44.9 Å². The summed E-state index contributed by atoms with van der Waals surface area (Å²) in [6.07, 6.45) is 2.33. The summed E-state index contributed by atoms with van der Waals surface area (Å²) in [6, 6.07) is 8.82. The molecule has 1 saturated heterocycles. The lowest BCUT2D eigenvalue weighted by Gasteiger charge is -2.40. The van der Waals surface area contributed by atoms with Crippen molar-refractivity contribution in [3.8, 4) is 0 Å². The molecule has 17 heavy (non-hydrogen) atoms. The Bertz CT molecular complexity index is 371. The number of benzene rings is 1. The van der Waals surface area contributed by atoms with Crippen molar-refractivity contribution in [3.05, 3.63) is 29.8 Å². The molecular weight excluding hydrogens is 208 g/mol. The Balaban J connectivity index is 2.35. The first-order chi connectivity index (χ1) is 8.15. The van der Waals surface area contributed by atoms with E-state index in [2.05, 4.69) is 55.3 Å². The SMILES string of the molecule is CCc1ccccc1N1CCCNCC1(C)C. The van der Waals surface area contributed by atoms with E-state index in [1.54, 1.807) is 0 Å². The largest absolute Gasteiger partial charge is 0.365 e. The third-order valence-corrected chi connectivity index (χ3v) is 3.69. The third kappa shape index (κ3) is 2.63. The van der Waals surface area contributed by atoms with Gasteiger partial charge in [-0.1, -0.05) is 25.1 Å². The number of hydrogen-bond acceptors (Lipinski definition) is 2. The number of rotatable bonds is 2. The fourth-order valence-electron chi connectivity index (χ4n) is 2.67.